The number of benzene rings is 1. The van der Waals surface area contributed by atoms with E-state index < -0.39 is 0 Å². The molecule has 0 atom stereocenters. The first-order chi connectivity index (χ1) is 16.7. The normalized spacial score (nSPS) is 11.2. The zero-order valence-corrected chi connectivity index (χ0v) is 19.2. The fourth-order valence-electron chi connectivity index (χ4n) is 4.16. The van der Waals surface area contributed by atoms with Crippen LogP contribution in [0.1, 0.15) is 30.9 Å². The highest BCUT2D eigenvalue weighted by molar-refractivity contribution is 5.94. The average molecular weight is 455 g/mol. The number of ether oxygens (including phenoxy) is 1. The second-order valence-corrected chi connectivity index (χ2v) is 8.19. The van der Waals surface area contributed by atoms with Crippen LogP contribution in [0.3, 0.4) is 0 Å². The predicted molar refractivity (Wildman–Crippen MR) is 132 cm³/mol. The first-order valence-electron chi connectivity index (χ1n) is 11.4. The van der Waals surface area contributed by atoms with Gasteiger partial charge >= 0.3 is 12.0 Å². The maximum atomic E-state index is 12.6. The van der Waals surface area contributed by atoms with Crippen LogP contribution in [0.15, 0.2) is 61.3 Å². The number of hydrogen-bond donors (Lipinski definition) is 2. The highest BCUT2D eigenvalue weighted by Gasteiger charge is 2.14. The van der Waals surface area contributed by atoms with Crippen LogP contribution in [0.25, 0.3) is 33.1 Å². The third-order valence-electron chi connectivity index (χ3n) is 5.99. The van der Waals surface area contributed by atoms with E-state index in [-0.39, 0.29) is 6.03 Å². The number of aromatic nitrogens is 5. The molecule has 5 aromatic rings. The number of pyridine rings is 1. The lowest BCUT2D eigenvalue weighted by atomic mass is 10.0. The summed E-state index contributed by atoms with van der Waals surface area (Å²) in [5, 5.41) is 5.10. The first-order valence-corrected chi connectivity index (χ1v) is 11.4. The molecule has 1 amide bonds. The summed E-state index contributed by atoms with van der Waals surface area (Å²) in [6, 6.07) is 10.4. The first kappa shape index (κ1) is 21.6. The van der Waals surface area contributed by atoms with Crippen molar-refractivity contribution in [2.24, 2.45) is 0 Å². The Bertz CT molecular complexity index is 1450. The Morgan fingerprint density at radius 3 is 2.68 bits per heavy atom. The smallest absolute Gasteiger partial charge is 0.326 e. The van der Waals surface area contributed by atoms with E-state index in [0.29, 0.717) is 19.0 Å². The number of fused-ring (bicyclic) bond motifs is 2. The van der Waals surface area contributed by atoms with Gasteiger partial charge in [-0.25, -0.2) is 19.7 Å². The fraction of sp³-hybridized carbons (Fsp3) is 0.231. The predicted octanol–water partition coefficient (Wildman–Crippen LogP) is 4.93. The monoisotopic (exact) mass is 454 g/mol. The van der Waals surface area contributed by atoms with Gasteiger partial charge in [0.15, 0.2) is 0 Å². The van der Waals surface area contributed by atoms with Gasteiger partial charge in [0.2, 0.25) is 0 Å². The molecule has 34 heavy (non-hydrogen) atoms. The molecule has 0 unspecified atom stereocenters. The van der Waals surface area contributed by atoms with Crippen molar-refractivity contribution in [1.82, 2.24) is 29.8 Å². The quantitative estimate of drug-likeness (QED) is 0.340. The molecule has 1 aromatic carbocycles. The lowest BCUT2D eigenvalue weighted by molar-refractivity contribution is 0.243. The summed E-state index contributed by atoms with van der Waals surface area (Å²) in [6.45, 7) is 2.79. The van der Waals surface area contributed by atoms with Crippen LogP contribution in [0.4, 0.5) is 4.79 Å². The van der Waals surface area contributed by atoms with Crippen molar-refractivity contribution in [1.29, 1.82) is 0 Å². The van der Waals surface area contributed by atoms with Crippen LogP contribution in [-0.4, -0.2) is 44.2 Å². The summed E-state index contributed by atoms with van der Waals surface area (Å²) in [6.07, 6.45) is 11.8. The molecule has 0 aliphatic heterocycles. The van der Waals surface area contributed by atoms with E-state index in [9.17, 15) is 4.79 Å². The minimum absolute atomic E-state index is 0.0942. The average Bonchev–Trinajstić information content (AvgIpc) is 3.49. The summed E-state index contributed by atoms with van der Waals surface area (Å²) in [7, 11) is 1.54. The molecule has 2 N–H and O–H groups in total. The van der Waals surface area contributed by atoms with E-state index in [0.717, 1.165) is 57.0 Å². The van der Waals surface area contributed by atoms with Crippen LogP contribution in [0.5, 0.6) is 6.01 Å². The number of hydrogen-bond acceptors (Lipinski definition) is 5. The van der Waals surface area contributed by atoms with E-state index in [2.05, 4.69) is 44.3 Å². The summed E-state index contributed by atoms with van der Waals surface area (Å²) in [4.78, 5) is 28.9. The summed E-state index contributed by atoms with van der Waals surface area (Å²) in [5.41, 5.74) is 5.82. The standard InChI is InChI=1S/C26H26N6O2/c1-3-4-9-27-26(33)32-10-8-21-17(6-5-7-23(21)32)11-19-14-29-24-22(19)12-18(13-28-24)20-15-30-25(34-2)31-16-20/h5-8,10,12-16H,3-4,9,11H2,1-2H3,(H,27,33)(H,28,29). The molecule has 0 aliphatic rings. The van der Waals surface area contributed by atoms with Gasteiger partial charge in [-0.15, -0.1) is 0 Å². The molecule has 0 saturated heterocycles. The molecule has 8 heteroatoms. The zero-order valence-electron chi connectivity index (χ0n) is 19.2. The number of methoxy groups -OCH3 is 1. The molecule has 172 valence electrons. The van der Waals surface area contributed by atoms with E-state index in [1.165, 1.54) is 0 Å². The largest absolute Gasteiger partial charge is 0.467 e. The Labute approximate surface area is 197 Å². The molecular weight excluding hydrogens is 428 g/mol. The van der Waals surface area contributed by atoms with Crippen LogP contribution in [0, 0.1) is 0 Å². The third-order valence-corrected chi connectivity index (χ3v) is 5.99. The van der Waals surface area contributed by atoms with Crippen molar-refractivity contribution in [3.8, 4) is 17.1 Å². The zero-order chi connectivity index (χ0) is 23.5. The third kappa shape index (κ3) is 4.10. The van der Waals surface area contributed by atoms with Gasteiger partial charge in [0, 0.05) is 65.8 Å². The van der Waals surface area contributed by atoms with Gasteiger partial charge < -0.3 is 15.0 Å². The number of aromatic amines is 1. The minimum atomic E-state index is -0.0942. The number of carbonyl (C=O) groups excluding carboxylic acids is 1. The minimum Gasteiger partial charge on any atom is -0.467 e. The summed E-state index contributed by atoms with van der Waals surface area (Å²) < 4.78 is 6.74. The number of H-pyrrole nitrogens is 1. The molecule has 0 spiro atoms. The van der Waals surface area contributed by atoms with E-state index >= 15 is 0 Å². The van der Waals surface area contributed by atoms with Gasteiger partial charge in [-0.1, -0.05) is 25.5 Å². The van der Waals surface area contributed by atoms with Crippen molar-refractivity contribution >= 4 is 28.0 Å². The Morgan fingerprint density at radius 1 is 1.06 bits per heavy atom. The number of nitrogens with one attached hydrogen (secondary N) is 2. The van der Waals surface area contributed by atoms with Gasteiger partial charge in [-0.2, -0.15) is 0 Å². The molecule has 0 saturated carbocycles. The van der Waals surface area contributed by atoms with Crippen LogP contribution in [-0.2, 0) is 6.42 Å². The number of rotatable bonds is 7. The molecule has 0 bridgehead atoms. The van der Waals surface area contributed by atoms with Crippen molar-refractivity contribution in [3.63, 3.8) is 0 Å². The van der Waals surface area contributed by atoms with E-state index in [1.54, 1.807) is 24.1 Å². The maximum absolute atomic E-state index is 12.6. The Hall–Kier alpha value is -4.20. The van der Waals surface area contributed by atoms with E-state index in [1.807, 2.05) is 36.8 Å². The fourth-order valence-corrected chi connectivity index (χ4v) is 4.16. The van der Waals surface area contributed by atoms with Crippen molar-refractivity contribution < 1.29 is 9.53 Å². The molecule has 4 heterocycles. The van der Waals surface area contributed by atoms with Crippen molar-refractivity contribution in [2.45, 2.75) is 26.2 Å². The van der Waals surface area contributed by atoms with Crippen LogP contribution in [0.2, 0.25) is 0 Å². The second kappa shape index (κ2) is 9.35. The Kier molecular flexibility index (Phi) is 5.95. The van der Waals surface area contributed by atoms with Crippen molar-refractivity contribution in [2.75, 3.05) is 13.7 Å². The molecule has 0 fully saturated rings. The highest BCUT2D eigenvalue weighted by atomic mass is 16.5. The summed E-state index contributed by atoms with van der Waals surface area (Å²) in [5.74, 6) is 0. The molecule has 8 nitrogen and oxygen atoms in total. The SMILES string of the molecule is CCCCNC(=O)n1ccc2c(Cc3c[nH]c4ncc(-c5cnc(OC)nc5)cc34)cccc21. The van der Waals surface area contributed by atoms with E-state index in [4.69, 9.17) is 4.74 Å². The molecular formula is C26H26N6O2. The Balaban J connectivity index is 1.46. The number of amides is 1. The lowest BCUT2D eigenvalue weighted by Gasteiger charge is -2.08. The van der Waals surface area contributed by atoms with Crippen LogP contribution < -0.4 is 10.1 Å². The van der Waals surface area contributed by atoms with Crippen LogP contribution >= 0.6 is 0 Å². The van der Waals surface area contributed by atoms with Gasteiger partial charge in [-0.05, 0) is 35.7 Å². The Morgan fingerprint density at radius 2 is 1.88 bits per heavy atom. The maximum Gasteiger partial charge on any atom is 0.326 e. The number of unbranched alkanes of at least 4 members (excludes halogenated alkanes) is 1. The van der Waals surface area contributed by atoms with Gasteiger partial charge in [-0.3, -0.25) is 4.57 Å². The topological polar surface area (TPSA) is 97.7 Å². The molecule has 5 rings (SSSR count). The van der Waals surface area contributed by atoms with Gasteiger partial charge in [0.05, 0.1) is 12.6 Å². The number of nitrogens with zero attached hydrogens (tertiary/aromatic N) is 4. The lowest BCUT2D eigenvalue weighted by Crippen LogP contribution is -2.28. The van der Waals surface area contributed by atoms with Crippen molar-refractivity contribution in [3.05, 3.63) is 72.4 Å². The molecule has 4 aromatic heterocycles. The molecule has 0 radical (unpaired) electrons. The number of carbonyl (C=O) groups is 1. The highest BCUT2D eigenvalue weighted by Crippen LogP contribution is 2.28. The molecule has 0 aliphatic carbocycles. The second-order valence-electron chi connectivity index (χ2n) is 8.19. The van der Waals surface area contributed by atoms with Gasteiger partial charge in [0.25, 0.3) is 0 Å². The summed E-state index contributed by atoms with van der Waals surface area (Å²) >= 11 is 0. The van der Waals surface area contributed by atoms with Gasteiger partial charge in [0.1, 0.15) is 5.65 Å².